The number of hydrogen-bond donors (Lipinski definition) is 2. The molecule has 0 fully saturated rings. The summed E-state index contributed by atoms with van der Waals surface area (Å²) in [5.41, 5.74) is 0.348. The van der Waals surface area contributed by atoms with Crippen LogP contribution in [0, 0.1) is 0 Å². The maximum Gasteiger partial charge on any atom is 0.253 e. The Hall–Kier alpha value is -1.40. The van der Waals surface area contributed by atoms with E-state index in [9.17, 15) is 9.90 Å². The van der Waals surface area contributed by atoms with Crippen LogP contribution in [-0.4, -0.2) is 16.0 Å². The lowest BCUT2D eigenvalue weighted by molar-refractivity contribution is 0.0950. The van der Waals surface area contributed by atoms with E-state index in [2.05, 4.69) is 26.2 Å². The number of aromatic hydroxyl groups is 1. The van der Waals surface area contributed by atoms with Crippen molar-refractivity contribution in [2.45, 2.75) is 6.54 Å². The zero-order chi connectivity index (χ0) is 12.3. The number of thiophene rings is 1. The molecule has 4 nitrogen and oxygen atoms in total. The number of carbonyl (C=O) groups is 1. The summed E-state index contributed by atoms with van der Waals surface area (Å²) in [6.45, 7) is 0.463. The lowest BCUT2D eigenvalue weighted by atomic mass is 10.2. The summed E-state index contributed by atoms with van der Waals surface area (Å²) in [6, 6.07) is 3.33. The normalized spacial score (nSPS) is 10.2. The van der Waals surface area contributed by atoms with Crippen LogP contribution in [0.1, 0.15) is 15.2 Å². The van der Waals surface area contributed by atoms with Gasteiger partial charge in [-0.3, -0.25) is 9.78 Å². The number of nitrogens with one attached hydrogen (secondary N) is 1. The van der Waals surface area contributed by atoms with Gasteiger partial charge in [-0.05, 0) is 28.1 Å². The van der Waals surface area contributed by atoms with Crippen LogP contribution in [0.4, 0.5) is 0 Å². The van der Waals surface area contributed by atoms with Gasteiger partial charge in [0.05, 0.1) is 18.3 Å². The third-order valence-corrected chi connectivity index (χ3v) is 3.73. The minimum absolute atomic E-state index is 0.0171. The SMILES string of the molecule is O=C(NCc1cc(Br)cs1)c1cncc(O)c1. The van der Waals surface area contributed by atoms with Gasteiger partial charge in [0.1, 0.15) is 5.75 Å². The van der Waals surface area contributed by atoms with Crippen LogP contribution in [0.3, 0.4) is 0 Å². The lowest BCUT2D eigenvalue weighted by Gasteiger charge is -2.03. The Morgan fingerprint density at radius 3 is 2.94 bits per heavy atom. The quantitative estimate of drug-likeness (QED) is 0.915. The van der Waals surface area contributed by atoms with Gasteiger partial charge < -0.3 is 10.4 Å². The highest BCUT2D eigenvalue weighted by Gasteiger charge is 2.07. The second kappa shape index (κ2) is 5.29. The van der Waals surface area contributed by atoms with Crippen molar-refractivity contribution >= 4 is 33.2 Å². The largest absolute Gasteiger partial charge is 0.506 e. The van der Waals surface area contributed by atoms with Gasteiger partial charge in [0.15, 0.2) is 0 Å². The van der Waals surface area contributed by atoms with Gasteiger partial charge in [0.2, 0.25) is 0 Å². The summed E-state index contributed by atoms with van der Waals surface area (Å²) in [4.78, 5) is 16.5. The van der Waals surface area contributed by atoms with Crippen molar-refractivity contribution in [1.29, 1.82) is 0 Å². The number of rotatable bonds is 3. The smallest absolute Gasteiger partial charge is 0.253 e. The molecule has 0 radical (unpaired) electrons. The topological polar surface area (TPSA) is 62.2 Å². The minimum Gasteiger partial charge on any atom is -0.506 e. The van der Waals surface area contributed by atoms with Crippen LogP contribution in [0.5, 0.6) is 5.75 Å². The first-order valence-corrected chi connectivity index (χ1v) is 6.47. The fraction of sp³-hybridized carbons (Fsp3) is 0.0909. The fourth-order valence-electron chi connectivity index (χ4n) is 1.27. The van der Waals surface area contributed by atoms with E-state index in [1.807, 2.05) is 11.4 Å². The van der Waals surface area contributed by atoms with Crippen molar-refractivity contribution in [3.63, 3.8) is 0 Å². The lowest BCUT2D eigenvalue weighted by Crippen LogP contribution is -2.22. The van der Waals surface area contributed by atoms with Gasteiger partial charge in [-0.1, -0.05) is 0 Å². The van der Waals surface area contributed by atoms with Crippen LogP contribution < -0.4 is 5.32 Å². The van der Waals surface area contributed by atoms with E-state index >= 15 is 0 Å². The maximum absolute atomic E-state index is 11.7. The second-order valence-corrected chi connectivity index (χ2v) is 5.26. The Morgan fingerprint density at radius 1 is 1.47 bits per heavy atom. The molecule has 0 aliphatic heterocycles. The molecule has 0 atom stereocenters. The summed E-state index contributed by atoms with van der Waals surface area (Å²) in [5.74, 6) is -0.269. The van der Waals surface area contributed by atoms with Crippen molar-refractivity contribution in [2.24, 2.45) is 0 Å². The summed E-state index contributed by atoms with van der Waals surface area (Å²) < 4.78 is 1.01. The van der Waals surface area contributed by atoms with Gasteiger partial charge in [-0.25, -0.2) is 0 Å². The molecule has 17 heavy (non-hydrogen) atoms. The third-order valence-electron chi connectivity index (χ3n) is 2.03. The minimum atomic E-state index is -0.252. The fourth-order valence-corrected chi connectivity index (χ4v) is 2.66. The zero-order valence-corrected chi connectivity index (χ0v) is 11.1. The second-order valence-electron chi connectivity index (χ2n) is 3.35. The molecule has 0 aliphatic carbocycles. The van der Waals surface area contributed by atoms with Gasteiger partial charge in [0, 0.05) is 20.9 Å². The van der Waals surface area contributed by atoms with Gasteiger partial charge in [0.25, 0.3) is 5.91 Å². The summed E-state index contributed by atoms with van der Waals surface area (Å²) in [5, 5.41) is 13.9. The Balaban J connectivity index is 1.98. The highest BCUT2D eigenvalue weighted by molar-refractivity contribution is 9.10. The van der Waals surface area contributed by atoms with Crippen LogP contribution in [-0.2, 0) is 6.54 Å². The Kier molecular flexibility index (Phi) is 3.75. The van der Waals surface area contributed by atoms with Crippen LogP contribution in [0.15, 0.2) is 34.4 Å². The molecule has 0 spiro atoms. The van der Waals surface area contributed by atoms with Crippen molar-refractivity contribution in [3.8, 4) is 5.75 Å². The van der Waals surface area contributed by atoms with Crippen molar-refractivity contribution in [1.82, 2.24) is 10.3 Å². The van der Waals surface area contributed by atoms with E-state index in [1.54, 1.807) is 11.3 Å². The molecule has 6 heteroatoms. The first-order valence-electron chi connectivity index (χ1n) is 4.80. The predicted molar refractivity (Wildman–Crippen MR) is 69.1 cm³/mol. The highest BCUT2D eigenvalue weighted by atomic mass is 79.9. The zero-order valence-electron chi connectivity index (χ0n) is 8.68. The predicted octanol–water partition coefficient (Wildman–Crippen LogP) is 2.54. The molecule has 88 valence electrons. The molecule has 0 unspecified atom stereocenters. The Morgan fingerprint density at radius 2 is 2.29 bits per heavy atom. The average molecular weight is 313 g/mol. The van der Waals surface area contributed by atoms with E-state index in [-0.39, 0.29) is 11.7 Å². The van der Waals surface area contributed by atoms with E-state index in [0.717, 1.165) is 9.35 Å². The highest BCUT2D eigenvalue weighted by Crippen LogP contribution is 2.19. The maximum atomic E-state index is 11.7. The van der Waals surface area contributed by atoms with E-state index in [4.69, 9.17) is 0 Å². The molecule has 2 heterocycles. The van der Waals surface area contributed by atoms with E-state index in [0.29, 0.717) is 12.1 Å². The average Bonchev–Trinajstić information content (AvgIpc) is 2.72. The summed E-state index contributed by atoms with van der Waals surface area (Å²) in [7, 11) is 0. The standard InChI is InChI=1S/C11H9BrN2O2S/c12-8-2-10(17-6-8)5-14-11(16)7-1-9(15)4-13-3-7/h1-4,6,15H,5H2,(H,14,16). The number of amides is 1. The monoisotopic (exact) mass is 312 g/mol. The molecule has 0 aromatic carbocycles. The van der Waals surface area contributed by atoms with Crippen molar-refractivity contribution < 1.29 is 9.90 Å². The Labute approximate surface area is 110 Å². The molecule has 1 amide bonds. The number of nitrogens with zero attached hydrogens (tertiary/aromatic N) is 1. The third kappa shape index (κ3) is 3.28. The number of pyridine rings is 1. The molecule has 2 aromatic heterocycles. The van der Waals surface area contributed by atoms with Crippen molar-refractivity contribution in [2.75, 3.05) is 0 Å². The molecule has 0 saturated carbocycles. The first kappa shape index (κ1) is 12.1. The molecule has 2 N–H and O–H groups in total. The molecule has 0 bridgehead atoms. The van der Waals surface area contributed by atoms with Crippen LogP contribution in [0.2, 0.25) is 0 Å². The molecule has 0 saturated heterocycles. The number of hydrogen-bond acceptors (Lipinski definition) is 4. The van der Waals surface area contributed by atoms with Gasteiger partial charge in [-0.15, -0.1) is 11.3 Å². The van der Waals surface area contributed by atoms with Crippen LogP contribution in [0.25, 0.3) is 0 Å². The van der Waals surface area contributed by atoms with E-state index in [1.165, 1.54) is 18.5 Å². The molecule has 2 aromatic rings. The number of halogens is 1. The van der Waals surface area contributed by atoms with E-state index < -0.39 is 0 Å². The molecular weight excluding hydrogens is 304 g/mol. The molecule has 0 aliphatic rings. The number of aromatic nitrogens is 1. The van der Waals surface area contributed by atoms with Gasteiger partial charge >= 0.3 is 0 Å². The Bertz CT molecular complexity index is 542. The van der Waals surface area contributed by atoms with Crippen molar-refractivity contribution in [3.05, 3.63) is 44.8 Å². The van der Waals surface area contributed by atoms with Crippen LogP contribution >= 0.6 is 27.3 Å². The van der Waals surface area contributed by atoms with Gasteiger partial charge in [-0.2, -0.15) is 0 Å². The molecular formula is C11H9BrN2O2S. The number of carbonyl (C=O) groups excluding carboxylic acids is 1. The summed E-state index contributed by atoms with van der Waals surface area (Å²) >= 11 is 4.91. The first-order chi connectivity index (χ1) is 8.15. The molecule has 2 rings (SSSR count). The summed E-state index contributed by atoms with van der Waals surface area (Å²) in [6.07, 6.45) is 2.70.